The van der Waals surface area contributed by atoms with Crippen molar-refractivity contribution >= 4 is 5.69 Å². The highest BCUT2D eigenvalue weighted by molar-refractivity contribution is 5.49. The molecule has 0 heterocycles. The van der Waals surface area contributed by atoms with Crippen LogP contribution < -0.4 is 14.8 Å². The summed E-state index contributed by atoms with van der Waals surface area (Å²) in [6.45, 7) is 2.20. The molecule has 0 spiro atoms. The van der Waals surface area contributed by atoms with Crippen LogP contribution in [0, 0.1) is 0 Å². The van der Waals surface area contributed by atoms with Crippen LogP contribution in [-0.4, -0.2) is 14.2 Å². The number of benzene rings is 3. The average Bonchev–Trinajstić information content (AvgIpc) is 2.78. The van der Waals surface area contributed by atoms with Crippen molar-refractivity contribution in [2.45, 2.75) is 25.8 Å². The first kappa shape index (κ1) is 20.5. The molecule has 0 radical (unpaired) electrons. The van der Waals surface area contributed by atoms with Crippen LogP contribution in [0.2, 0.25) is 0 Å². The van der Waals surface area contributed by atoms with Gasteiger partial charge in [-0.2, -0.15) is 0 Å². The van der Waals surface area contributed by atoms with Gasteiger partial charge < -0.3 is 14.8 Å². The normalized spacial score (nSPS) is 12.3. The lowest BCUT2D eigenvalue weighted by molar-refractivity contribution is 0.414. The molecule has 3 aromatic rings. The van der Waals surface area contributed by atoms with Crippen LogP contribution in [0.25, 0.3) is 0 Å². The number of ether oxygens (including phenoxy) is 2. The first-order valence-corrected chi connectivity index (χ1v) is 9.92. The fourth-order valence-corrected chi connectivity index (χ4v) is 3.29. The van der Waals surface area contributed by atoms with Crippen molar-refractivity contribution in [3.8, 4) is 11.5 Å². The molecule has 0 saturated heterocycles. The summed E-state index contributed by atoms with van der Waals surface area (Å²) in [5, 5.41) is 3.68. The first-order valence-electron chi connectivity index (χ1n) is 9.92. The molecule has 150 valence electrons. The molecule has 0 fully saturated rings. The maximum absolute atomic E-state index is 5.32. The van der Waals surface area contributed by atoms with E-state index in [0.29, 0.717) is 0 Å². The Labute approximate surface area is 174 Å². The van der Waals surface area contributed by atoms with Gasteiger partial charge in [0.05, 0.1) is 20.3 Å². The number of nitrogens with one attached hydrogen (secondary N) is 1. The molecule has 0 aliphatic rings. The molecular formula is C26H29NO2. The second kappa shape index (κ2) is 10.4. The van der Waals surface area contributed by atoms with Crippen molar-refractivity contribution < 1.29 is 9.47 Å². The van der Waals surface area contributed by atoms with Gasteiger partial charge in [-0.1, -0.05) is 54.1 Å². The standard InChI is InChI=1S/C26H29NO2/c1-20(9-10-21-7-5-4-6-8-21)19-26(22-11-15-24(28-2)16-12-22)27-23-13-17-25(29-3)18-14-23/h4-9,11-18,26-27H,10,19H2,1-3H3/b20-9+. The highest BCUT2D eigenvalue weighted by atomic mass is 16.5. The molecule has 29 heavy (non-hydrogen) atoms. The predicted molar refractivity (Wildman–Crippen MR) is 121 cm³/mol. The van der Waals surface area contributed by atoms with Crippen LogP contribution in [-0.2, 0) is 6.42 Å². The Bertz CT molecular complexity index is 900. The molecular weight excluding hydrogens is 358 g/mol. The van der Waals surface area contributed by atoms with Crippen LogP contribution in [0.1, 0.15) is 30.5 Å². The number of methoxy groups -OCH3 is 2. The van der Waals surface area contributed by atoms with E-state index in [2.05, 4.69) is 72.9 Å². The van der Waals surface area contributed by atoms with Crippen LogP contribution in [0.3, 0.4) is 0 Å². The molecule has 0 aromatic heterocycles. The molecule has 0 bridgehead atoms. The van der Waals surface area contributed by atoms with E-state index in [0.717, 1.165) is 30.0 Å². The summed E-state index contributed by atoms with van der Waals surface area (Å²) in [7, 11) is 3.38. The lowest BCUT2D eigenvalue weighted by atomic mass is 9.97. The molecule has 0 saturated carbocycles. The van der Waals surface area contributed by atoms with E-state index in [4.69, 9.17) is 9.47 Å². The minimum absolute atomic E-state index is 0.168. The van der Waals surface area contributed by atoms with Crippen LogP contribution >= 0.6 is 0 Å². The number of hydrogen-bond donors (Lipinski definition) is 1. The lowest BCUT2D eigenvalue weighted by Gasteiger charge is -2.21. The number of rotatable bonds is 9. The topological polar surface area (TPSA) is 30.5 Å². The van der Waals surface area contributed by atoms with Crippen molar-refractivity contribution in [1.29, 1.82) is 0 Å². The minimum atomic E-state index is 0.168. The fraction of sp³-hybridized carbons (Fsp3) is 0.231. The Kier molecular flexibility index (Phi) is 7.34. The number of hydrogen-bond acceptors (Lipinski definition) is 3. The Morgan fingerprint density at radius 3 is 2.00 bits per heavy atom. The van der Waals surface area contributed by atoms with Gasteiger partial charge >= 0.3 is 0 Å². The van der Waals surface area contributed by atoms with Crippen molar-refractivity contribution in [2.75, 3.05) is 19.5 Å². The monoisotopic (exact) mass is 387 g/mol. The zero-order valence-electron chi connectivity index (χ0n) is 17.4. The summed E-state index contributed by atoms with van der Waals surface area (Å²) < 4.78 is 10.6. The zero-order valence-corrected chi connectivity index (χ0v) is 17.4. The Morgan fingerprint density at radius 2 is 1.41 bits per heavy atom. The number of anilines is 1. The highest BCUT2D eigenvalue weighted by Crippen LogP contribution is 2.28. The molecule has 1 N–H and O–H groups in total. The third-order valence-electron chi connectivity index (χ3n) is 5.00. The zero-order chi connectivity index (χ0) is 20.5. The molecule has 0 amide bonds. The molecule has 0 aliphatic carbocycles. The third-order valence-corrected chi connectivity index (χ3v) is 5.00. The van der Waals surface area contributed by atoms with Gasteiger partial charge in [-0.3, -0.25) is 0 Å². The van der Waals surface area contributed by atoms with E-state index in [-0.39, 0.29) is 6.04 Å². The van der Waals surface area contributed by atoms with Crippen LogP contribution in [0.5, 0.6) is 11.5 Å². The first-order chi connectivity index (χ1) is 14.2. The van der Waals surface area contributed by atoms with Crippen LogP contribution in [0.4, 0.5) is 5.69 Å². The molecule has 3 heteroatoms. The largest absolute Gasteiger partial charge is 0.497 e. The van der Waals surface area contributed by atoms with E-state index in [9.17, 15) is 0 Å². The molecule has 0 aliphatic heterocycles. The van der Waals surface area contributed by atoms with Gasteiger partial charge in [-0.25, -0.2) is 0 Å². The summed E-state index contributed by atoms with van der Waals surface area (Å²) in [5.41, 5.74) is 4.99. The lowest BCUT2D eigenvalue weighted by Crippen LogP contribution is -2.11. The van der Waals surface area contributed by atoms with E-state index in [1.807, 2.05) is 24.3 Å². The fourth-order valence-electron chi connectivity index (χ4n) is 3.29. The molecule has 3 rings (SSSR count). The molecule has 1 atom stereocenters. The SMILES string of the molecule is COc1ccc(NC(C/C(C)=C/Cc2ccccc2)c2ccc(OC)cc2)cc1. The Balaban J connectivity index is 1.76. The maximum atomic E-state index is 5.32. The summed E-state index contributed by atoms with van der Waals surface area (Å²) in [5.74, 6) is 1.73. The van der Waals surface area contributed by atoms with Crippen molar-refractivity contribution in [3.05, 3.63) is 102 Å². The van der Waals surface area contributed by atoms with E-state index in [1.54, 1.807) is 14.2 Å². The third kappa shape index (κ3) is 6.15. The predicted octanol–water partition coefficient (Wildman–Crippen LogP) is 6.44. The molecule has 3 aromatic carbocycles. The second-order valence-corrected chi connectivity index (χ2v) is 7.14. The second-order valence-electron chi connectivity index (χ2n) is 7.14. The Hall–Kier alpha value is -3.20. The van der Waals surface area contributed by atoms with E-state index >= 15 is 0 Å². The maximum Gasteiger partial charge on any atom is 0.119 e. The quantitative estimate of drug-likeness (QED) is 0.429. The van der Waals surface area contributed by atoms with Gasteiger partial charge in [0, 0.05) is 5.69 Å². The van der Waals surface area contributed by atoms with Gasteiger partial charge in [0.2, 0.25) is 0 Å². The smallest absolute Gasteiger partial charge is 0.119 e. The summed E-state index contributed by atoms with van der Waals surface area (Å²) in [6.07, 6.45) is 4.19. The van der Waals surface area contributed by atoms with Gasteiger partial charge in [0.1, 0.15) is 11.5 Å². The molecule has 1 unspecified atom stereocenters. The summed E-state index contributed by atoms with van der Waals surface area (Å²) in [4.78, 5) is 0. The van der Waals surface area contributed by atoms with Gasteiger partial charge in [0.15, 0.2) is 0 Å². The Morgan fingerprint density at radius 1 is 0.828 bits per heavy atom. The van der Waals surface area contributed by atoms with Gasteiger partial charge in [-0.15, -0.1) is 0 Å². The summed E-state index contributed by atoms with van der Waals surface area (Å²) >= 11 is 0. The van der Waals surface area contributed by atoms with Crippen molar-refractivity contribution in [2.24, 2.45) is 0 Å². The highest BCUT2D eigenvalue weighted by Gasteiger charge is 2.13. The average molecular weight is 388 g/mol. The van der Waals surface area contributed by atoms with Gasteiger partial charge in [0.25, 0.3) is 0 Å². The van der Waals surface area contributed by atoms with Crippen molar-refractivity contribution in [1.82, 2.24) is 0 Å². The van der Waals surface area contributed by atoms with Crippen molar-refractivity contribution in [3.63, 3.8) is 0 Å². The summed E-state index contributed by atoms with van der Waals surface area (Å²) in [6, 6.07) is 27.1. The minimum Gasteiger partial charge on any atom is -0.497 e. The van der Waals surface area contributed by atoms with Crippen LogP contribution in [0.15, 0.2) is 90.5 Å². The number of allylic oxidation sites excluding steroid dienone is 1. The molecule has 3 nitrogen and oxygen atoms in total. The van der Waals surface area contributed by atoms with E-state index in [1.165, 1.54) is 16.7 Å². The van der Waals surface area contributed by atoms with Gasteiger partial charge in [-0.05, 0) is 67.3 Å². The van der Waals surface area contributed by atoms with E-state index < -0.39 is 0 Å².